The maximum atomic E-state index is 11.7. The molecule has 4 heteroatoms. The number of piperidine rings is 1. The number of rotatable bonds is 4. The average molecular weight is 199 g/mol. The predicted molar refractivity (Wildman–Crippen MR) is 51.9 cm³/mol. The van der Waals surface area contributed by atoms with Crippen molar-refractivity contribution in [2.45, 2.75) is 26.2 Å². The van der Waals surface area contributed by atoms with Crippen molar-refractivity contribution in [3.05, 3.63) is 0 Å². The van der Waals surface area contributed by atoms with Gasteiger partial charge in [-0.3, -0.25) is 9.59 Å². The molecule has 0 spiro atoms. The third-order valence-electron chi connectivity index (χ3n) is 2.92. The molecule has 1 aliphatic rings. The SMILES string of the molecule is CCC1(CCOC)CC(=O)CNC1=O. The highest BCUT2D eigenvalue weighted by Gasteiger charge is 2.41. The minimum absolute atomic E-state index is 0.00310. The fourth-order valence-electron chi connectivity index (χ4n) is 1.85. The van der Waals surface area contributed by atoms with Crippen LogP contribution >= 0.6 is 0 Å². The molecule has 14 heavy (non-hydrogen) atoms. The lowest BCUT2D eigenvalue weighted by molar-refractivity contribution is -0.142. The van der Waals surface area contributed by atoms with Crippen molar-refractivity contribution in [2.75, 3.05) is 20.3 Å². The highest BCUT2D eigenvalue weighted by molar-refractivity contribution is 5.96. The van der Waals surface area contributed by atoms with Crippen LogP contribution in [0.4, 0.5) is 0 Å². The van der Waals surface area contributed by atoms with Gasteiger partial charge < -0.3 is 10.1 Å². The Morgan fingerprint density at radius 2 is 2.21 bits per heavy atom. The van der Waals surface area contributed by atoms with E-state index in [-0.39, 0.29) is 18.2 Å². The summed E-state index contributed by atoms with van der Waals surface area (Å²) in [5, 5.41) is 2.64. The molecule has 80 valence electrons. The van der Waals surface area contributed by atoms with Crippen molar-refractivity contribution in [3.8, 4) is 0 Å². The van der Waals surface area contributed by atoms with Crippen LogP contribution in [0.3, 0.4) is 0 Å². The second-order valence-corrected chi connectivity index (χ2v) is 3.77. The first-order valence-electron chi connectivity index (χ1n) is 4.93. The normalized spacial score (nSPS) is 27.6. The van der Waals surface area contributed by atoms with E-state index in [9.17, 15) is 9.59 Å². The minimum atomic E-state index is -0.522. The van der Waals surface area contributed by atoms with Gasteiger partial charge in [0.2, 0.25) is 5.91 Å². The molecular formula is C10H17NO3. The van der Waals surface area contributed by atoms with Crippen molar-refractivity contribution >= 4 is 11.7 Å². The quantitative estimate of drug-likeness (QED) is 0.717. The monoisotopic (exact) mass is 199 g/mol. The van der Waals surface area contributed by atoms with Crippen LogP contribution in [0.1, 0.15) is 26.2 Å². The van der Waals surface area contributed by atoms with Gasteiger partial charge in [0.1, 0.15) is 0 Å². The van der Waals surface area contributed by atoms with Crippen LogP contribution in [0.25, 0.3) is 0 Å². The van der Waals surface area contributed by atoms with Crippen molar-refractivity contribution in [1.29, 1.82) is 0 Å². The molecule has 1 N–H and O–H groups in total. The van der Waals surface area contributed by atoms with Gasteiger partial charge in [0, 0.05) is 20.1 Å². The highest BCUT2D eigenvalue weighted by Crippen LogP contribution is 2.33. The first kappa shape index (κ1) is 11.2. The average Bonchev–Trinajstić information content (AvgIpc) is 2.20. The van der Waals surface area contributed by atoms with E-state index in [0.717, 1.165) is 0 Å². The maximum Gasteiger partial charge on any atom is 0.227 e. The van der Waals surface area contributed by atoms with Crippen molar-refractivity contribution in [1.82, 2.24) is 5.32 Å². The summed E-state index contributed by atoms with van der Waals surface area (Å²) in [6.45, 7) is 2.65. The van der Waals surface area contributed by atoms with Crippen LogP contribution < -0.4 is 5.32 Å². The second kappa shape index (κ2) is 4.55. The molecular weight excluding hydrogens is 182 g/mol. The molecule has 0 aromatic carbocycles. The summed E-state index contributed by atoms with van der Waals surface area (Å²) >= 11 is 0. The standard InChI is InChI=1S/C10H17NO3/c1-3-10(4-5-14-2)6-8(12)7-11-9(10)13/h3-7H2,1-2H3,(H,11,13). The zero-order valence-electron chi connectivity index (χ0n) is 8.76. The van der Waals surface area contributed by atoms with E-state index in [1.165, 1.54) is 0 Å². The van der Waals surface area contributed by atoms with Crippen LogP contribution in [0.5, 0.6) is 0 Å². The zero-order valence-corrected chi connectivity index (χ0v) is 8.76. The lowest BCUT2D eigenvalue weighted by Gasteiger charge is -2.34. The Balaban J connectivity index is 2.72. The van der Waals surface area contributed by atoms with Gasteiger partial charge in [-0.15, -0.1) is 0 Å². The Morgan fingerprint density at radius 1 is 1.50 bits per heavy atom. The Morgan fingerprint density at radius 3 is 2.79 bits per heavy atom. The van der Waals surface area contributed by atoms with E-state index < -0.39 is 5.41 Å². The highest BCUT2D eigenvalue weighted by atomic mass is 16.5. The fourth-order valence-corrected chi connectivity index (χ4v) is 1.85. The molecule has 1 amide bonds. The predicted octanol–water partition coefficient (Wildman–Crippen LogP) is 0.508. The molecule has 1 saturated heterocycles. The number of carbonyl (C=O) groups is 2. The Bertz CT molecular complexity index is 240. The zero-order chi connectivity index (χ0) is 10.6. The number of nitrogens with one attached hydrogen (secondary N) is 1. The summed E-state index contributed by atoms with van der Waals surface area (Å²) < 4.78 is 4.96. The molecule has 1 fully saturated rings. The van der Waals surface area contributed by atoms with Gasteiger partial charge in [-0.1, -0.05) is 6.92 Å². The molecule has 0 bridgehead atoms. The number of hydrogen-bond acceptors (Lipinski definition) is 3. The van der Waals surface area contributed by atoms with Crippen LogP contribution in [-0.2, 0) is 14.3 Å². The molecule has 0 aromatic rings. The lowest BCUT2D eigenvalue weighted by Crippen LogP contribution is -2.50. The molecule has 1 rings (SSSR count). The topological polar surface area (TPSA) is 55.4 Å². The second-order valence-electron chi connectivity index (χ2n) is 3.77. The largest absolute Gasteiger partial charge is 0.385 e. The third kappa shape index (κ3) is 2.12. The van der Waals surface area contributed by atoms with Crippen LogP contribution in [0.15, 0.2) is 0 Å². The Kier molecular flexibility index (Phi) is 3.63. The van der Waals surface area contributed by atoms with E-state index in [1.54, 1.807) is 7.11 Å². The number of carbonyl (C=O) groups excluding carboxylic acids is 2. The molecule has 1 unspecified atom stereocenters. The van der Waals surface area contributed by atoms with Gasteiger partial charge in [-0.25, -0.2) is 0 Å². The molecule has 1 aliphatic heterocycles. The van der Waals surface area contributed by atoms with Crippen LogP contribution in [-0.4, -0.2) is 32.0 Å². The fraction of sp³-hybridized carbons (Fsp3) is 0.800. The lowest BCUT2D eigenvalue weighted by atomic mass is 9.74. The van der Waals surface area contributed by atoms with Crippen molar-refractivity contribution in [2.24, 2.45) is 5.41 Å². The van der Waals surface area contributed by atoms with Gasteiger partial charge in [0.15, 0.2) is 5.78 Å². The molecule has 4 nitrogen and oxygen atoms in total. The molecule has 0 aliphatic carbocycles. The number of amides is 1. The summed E-state index contributed by atoms with van der Waals surface area (Å²) in [6, 6.07) is 0. The van der Waals surface area contributed by atoms with Gasteiger partial charge in [-0.05, 0) is 12.8 Å². The van der Waals surface area contributed by atoms with E-state index in [4.69, 9.17) is 4.74 Å². The van der Waals surface area contributed by atoms with Crippen LogP contribution in [0.2, 0.25) is 0 Å². The molecule has 0 saturated carbocycles. The molecule has 1 heterocycles. The summed E-state index contributed by atoms with van der Waals surface area (Å²) in [7, 11) is 1.60. The molecule has 0 aromatic heterocycles. The third-order valence-corrected chi connectivity index (χ3v) is 2.92. The van der Waals surface area contributed by atoms with Gasteiger partial charge in [0.05, 0.1) is 12.0 Å². The maximum absolute atomic E-state index is 11.7. The number of methoxy groups -OCH3 is 1. The first-order chi connectivity index (χ1) is 6.64. The minimum Gasteiger partial charge on any atom is -0.385 e. The number of hydrogen-bond donors (Lipinski definition) is 1. The summed E-state index contributed by atoms with van der Waals surface area (Å²) in [4.78, 5) is 23.0. The summed E-state index contributed by atoms with van der Waals surface area (Å²) in [5.41, 5.74) is -0.522. The first-order valence-corrected chi connectivity index (χ1v) is 4.93. The molecule has 1 atom stereocenters. The van der Waals surface area contributed by atoms with E-state index in [1.807, 2.05) is 6.92 Å². The van der Waals surface area contributed by atoms with Gasteiger partial charge in [0.25, 0.3) is 0 Å². The van der Waals surface area contributed by atoms with E-state index in [2.05, 4.69) is 5.32 Å². The number of ether oxygens (including phenoxy) is 1. The van der Waals surface area contributed by atoms with Crippen molar-refractivity contribution in [3.63, 3.8) is 0 Å². The van der Waals surface area contributed by atoms with Gasteiger partial charge in [-0.2, -0.15) is 0 Å². The summed E-state index contributed by atoms with van der Waals surface area (Å²) in [5.74, 6) is 0.110. The number of Topliss-reactive ketones (excluding diaryl/α,β-unsaturated/α-hetero) is 1. The Labute approximate surface area is 84.0 Å². The number of ketones is 1. The molecule has 0 radical (unpaired) electrons. The van der Waals surface area contributed by atoms with Gasteiger partial charge >= 0.3 is 0 Å². The van der Waals surface area contributed by atoms with Crippen LogP contribution in [0, 0.1) is 5.41 Å². The summed E-state index contributed by atoms with van der Waals surface area (Å²) in [6.07, 6.45) is 1.67. The van der Waals surface area contributed by atoms with E-state index >= 15 is 0 Å². The van der Waals surface area contributed by atoms with E-state index in [0.29, 0.717) is 25.9 Å². The van der Waals surface area contributed by atoms with Crippen molar-refractivity contribution < 1.29 is 14.3 Å². The Hall–Kier alpha value is -0.900. The smallest absolute Gasteiger partial charge is 0.227 e.